The van der Waals surface area contributed by atoms with E-state index < -0.39 is 107 Å². The summed E-state index contributed by atoms with van der Waals surface area (Å²) in [6.07, 6.45) is 5.02. The maximum atomic E-state index is 15.4. The number of hydrogen-bond donors (Lipinski definition) is 0. The van der Waals surface area contributed by atoms with E-state index in [1.54, 1.807) is 24.3 Å². The van der Waals surface area contributed by atoms with E-state index in [0.29, 0.717) is 94.5 Å². The minimum atomic E-state index is -1.02. The number of rotatable bonds is 0. The van der Waals surface area contributed by atoms with E-state index >= 15 is 57.5 Å². The van der Waals surface area contributed by atoms with Gasteiger partial charge in [0.25, 0.3) is 70.9 Å². The Labute approximate surface area is 497 Å². The standard InChI is InChI=1S/C70H46N6O12/c77-59-33-17-13-29-31-15-19-35-54-36-20-16-32(52(31)54)30-14-18-34(53(33)51(29)30)60(78)71(59)45-7-1-3-9-47(45)73-63(81)37-21-25-41-57-42(26-22-38(55(37)57)64(73)82)68(86)75(67(41)85)49-11-5-6-12-50(49)76-69(87)43-27-23-39-56-40(24-28-44(58(43)56)70(76)88)66(84)74(65(39)83)48-10-4-2-8-46(48)72(61(35)79)62(36)80/h13-28,45-50H,1-12H2/t45-,46-,47-,48-,49-,50?/m1/s1. The minimum absolute atomic E-state index is 0.0474. The van der Waals surface area contributed by atoms with Crippen molar-refractivity contribution in [2.24, 2.45) is 0 Å². The SMILES string of the molecule is O=C1c2ccc3c4c5ccc(c24)C(=O)N1C1CCCC[C@H]1N1C(=O)c2ccc4c6c(ccc(c26)C1=O)C(=O)N(C4=O)[C@@H]1CCCC[C@H]1N1C(=O)c2ccc4c6ccc7c8c(ccc(c9ccc(c2c49)C1=O)c86)C(=O)N(C7=O)[C@@H]1CCCC[C@H]1N(C3=O)C5=O. The van der Waals surface area contributed by atoms with Crippen molar-refractivity contribution >= 4 is 136 Å². The quantitative estimate of drug-likeness (QED) is 0.0786. The van der Waals surface area contributed by atoms with Crippen LogP contribution in [0.4, 0.5) is 0 Å². The molecule has 9 aromatic carbocycles. The number of hydrogen-bond acceptors (Lipinski definition) is 12. The molecule has 37 aliphatic rings. The van der Waals surface area contributed by atoms with Crippen LogP contribution in [0.15, 0.2) is 97.1 Å². The zero-order valence-corrected chi connectivity index (χ0v) is 46.8. The number of benzene rings is 9. The maximum absolute atomic E-state index is 15.4. The molecule has 88 heavy (non-hydrogen) atoms. The first-order valence-electron chi connectivity index (χ1n) is 30.4. The Bertz CT molecular complexity index is 4560. The molecule has 0 radical (unpaired) electrons. The van der Waals surface area contributed by atoms with E-state index in [2.05, 4.69) is 0 Å². The Morgan fingerprint density at radius 3 is 0.455 bits per heavy atom. The van der Waals surface area contributed by atoms with Gasteiger partial charge in [-0.05, 0) is 144 Å². The maximum Gasteiger partial charge on any atom is 0.261 e. The summed E-state index contributed by atoms with van der Waals surface area (Å²) in [5, 5.41) is 5.36. The lowest BCUT2D eigenvalue weighted by Gasteiger charge is -2.46. The van der Waals surface area contributed by atoms with Crippen molar-refractivity contribution < 1.29 is 57.5 Å². The molecular weight excluding hydrogens is 1120 g/mol. The smallest absolute Gasteiger partial charge is 0.261 e. The molecule has 0 N–H and O–H groups in total. The van der Waals surface area contributed by atoms with Gasteiger partial charge in [-0.25, -0.2) is 0 Å². The van der Waals surface area contributed by atoms with Gasteiger partial charge in [0, 0.05) is 99.1 Å². The lowest BCUT2D eigenvalue weighted by atomic mass is 9.79. The van der Waals surface area contributed by atoms with Crippen molar-refractivity contribution in [3.8, 4) is 0 Å². The molecule has 3 saturated carbocycles. The Morgan fingerprint density at radius 1 is 0.182 bits per heavy atom. The van der Waals surface area contributed by atoms with Crippen LogP contribution in [0.2, 0.25) is 0 Å². The molecule has 3 fully saturated rings. The number of imide groups is 6. The van der Waals surface area contributed by atoms with Crippen molar-refractivity contribution in [2.45, 2.75) is 113 Å². The molecule has 18 nitrogen and oxygen atoms in total. The molecule has 46 rings (SSSR count). The summed E-state index contributed by atoms with van der Waals surface area (Å²) < 4.78 is 0. The van der Waals surface area contributed by atoms with Crippen molar-refractivity contribution in [3.63, 3.8) is 0 Å². The molecule has 0 spiro atoms. The largest absolute Gasteiger partial charge is 0.269 e. The molecule has 0 saturated heterocycles. The third kappa shape index (κ3) is 5.75. The predicted molar refractivity (Wildman–Crippen MR) is 317 cm³/mol. The van der Waals surface area contributed by atoms with Crippen LogP contribution < -0.4 is 0 Å². The van der Waals surface area contributed by atoms with Gasteiger partial charge in [-0.3, -0.25) is 86.9 Å². The summed E-state index contributed by atoms with van der Waals surface area (Å²) in [6.45, 7) is 0. The molecule has 34 aliphatic heterocycles. The Hall–Kier alpha value is -10.4. The van der Waals surface area contributed by atoms with Gasteiger partial charge < -0.3 is 0 Å². The Morgan fingerprint density at radius 2 is 0.307 bits per heavy atom. The highest BCUT2D eigenvalue weighted by atomic mass is 16.2. The lowest BCUT2D eigenvalue weighted by Crippen LogP contribution is -2.61. The third-order valence-electron chi connectivity index (χ3n) is 21.7. The van der Waals surface area contributed by atoms with Crippen LogP contribution in [-0.4, -0.2) is 137 Å². The van der Waals surface area contributed by atoms with E-state index in [-0.39, 0.29) is 114 Å². The topological polar surface area (TPSA) is 224 Å². The average Bonchev–Trinajstić information content (AvgIpc) is 1.17. The molecule has 30 bridgehead atoms. The number of carbonyl (C=O) groups excluding carboxylic acids is 12. The highest BCUT2D eigenvalue weighted by Crippen LogP contribution is 2.50. The third-order valence-corrected chi connectivity index (χ3v) is 21.7. The molecule has 0 aromatic heterocycles. The Balaban J connectivity index is 0.808. The van der Waals surface area contributed by atoms with Crippen molar-refractivity contribution in [1.29, 1.82) is 0 Å². The second kappa shape index (κ2) is 16.8. The van der Waals surface area contributed by atoms with E-state index in [1.165, 1.54) is 58.3 Å². The van der Waals surface area contributed by atoms with Gasteiger partial charge in [-0.2, -0.15) is 0 Å². The first-order valence-corrected chi connectivity index (χ1v) is 30.4. The second-order valence-electron chi connectivity index (χ2n) is 25.4. The van der Waals surface area contributed by atoms with Gasteiger partial charge in [0.15, 0.2) is 0 Å². The molecule has 1 unspecified atom stereocenters. The molecule has 12 amide bonds. The van der Waals surface area contributed by atoms with Gasteiger partial charge in [-0.15, -0.1) is 0 Å². The molecular formula is C70H46N6O12. The van der Waals surface area contributed by atoms with Crippen molar-refractivity contribution in [2.75, 3.05) is 0 Å². The highest BCUT2D eigenvalue weighted by molar-refractivity contribution is 6.42. The first-order chi connectivity index (χ1) is 42.7. The first kappa shape index (κ1) is 49.9. The predicted octanol–water partition coefficient (Wildman–Crippen LogP) is 9.97. The zero-order chi connectivity index (χ0) is 59.5. The Kier molecular flexibility index (Phi) is 9.51. The molecule has 34 heterocycles. The number of nitrogens with zero attached hydrogens (tertiary/aromatic N) is 6. The van der Waals surface area contributed by atoms with Crippen molar-refractivity contribution in [1.82, 2.24) is 29.4 Å². The normalized spacial score (nSPS) is 24.6. The molecule has 6 atom stereocenters. The van der Waals surface area contributed by atoms with Gasteiger partial charge in [0.2, 0.25) is 0 Å². The van der Waals surface area contributed by atoms with Crippen molar-refractivity contribution in [3.05, 3.63) is 164 Å². The summed E-state index contributed by atoms with van der Waals surface area (Å²) in [7, 11) is 0. The minimum Gasteiger partial charge on any atom is -0.269 e. The van der Waals surface area contributed by atoms with E-state index in [4.69, 9.17) is 0 Å². The summed E-state index contributed by atoms with van der Waals surface area (Å²) in [4.78, 5) is 190. The van der Waals surface area contributed by atoms with E-state index in [0.717, 1.165) is 19.6 Å². The monoisotopic (exact) mass is 1160 g/mol. The van der Waals surface area contributed by atoms with E-state index in [9.17, 15) is 0 Å². The molecule has 3 aliphatic carbocycles. The zero-order valence-electron chi connectivity index (χ0n) is 46.8. The summed E-state index contributed by atoms with van der Waals surface area (Å²) in [5.74, 6) is -8.12. The summed E-state index contributed by atoms with van der Waals surface area (Å²) in [6, 6.07) is 20.0. The lowest BCUT2D eigenvalue weighted by molar-refractivity contribution is 0.0236. The fourth-order valence-electron chi connectivity index (χ4n) is 18.0. The fraction of sp³-hybridized carbons (Fsp3) is 0.257. The van der Waals surface area contributed by atoms with Crippen LogP contribution in [0.25, 0.3) is 64.6 Å². The van der Waals surface area contributed by atoms with Crippen LogP contribution >= 0.6 is 0 Å². The van der Waals surface area contributed by atoms with Crippen LogP contribution in [0.5, 0.6) is 0 Å². The van der Waals surface area contributed by atoms with Crippen LogP contribution in [0.3, 0.4) is 0 Å². The van der Waals surface area contributed by atoms with Crippen LogP contribution in [0, 0.1) is 0 Å². The second-order valence-corrected chi connectivity index (χ2v) is 25.4. The molecule has 18 heteroatoms. The summed E-state index contributed by atoms with van der Waals surface area (Å²) >= 11 is 0. The number of carbonyl (C=O) groups is 12. The highest BCUT2D eigenvalue weighted by Gasteiger charge is 2.54. The van der Waals surface area contributed by atoms with Gasteiger partial charge >= 0.3 is 0 Å². The van der Waals surface area contributed by atoms with Gasteiger partial charge in [0.05, 0.1) is 36.3 Å². The summed E-state index contributed by atoms with van der Waals surface area (Å²) in [5.41, 5.74) is 1.44. The van der Waals surface area contributed by atoms with E-state index in [1.807, 2.05) is 24.3 Å². The fourth-order valence-corrected chi connectivity index (χ4v) is 18.0. The van der Waals surface area contributed by atoms with Crippen LogP contribution in [-0.2, 0) is 0 Å². The number of amides is 12. The molecule has 428 valence electrons. The molecule has 9 aromatic rings. The van der Waals surface area contributed by atoms with Gasteiger partial charge in [0.1, 0.15) is 0 Å². The van der Waals surface area contributed by atoms with Gasteiger partial charge in [-0.1, -0.05) is 62.8 Å². The average molecular weight is 1160 g/mol. The van der Waals surface area contributed by atoms with Crippen LogP contribution in [0.1, 0.15) is 201 Å².